The minimum Gasteiger partial charge on any atom is -0.389 e. The fourth-order valence-corrected chi connectivity index (χ4v) is 3.34. The van der Waals surface area contributed by atoms with Gasteiger partial charge in [-0.1, -0.05) is 6.07 Å². The Morgan fingerprint density at radius 2 is 2.25 bits per heavy atom. The minimum absolute atomic E-state index is 0.0942. The standard InChI is InChI=1S/C15H21BrN2O2/c1-10(19)11-4-5-13(12(16)8-11)18-7-6-15(2,9-18)14(20)17-3/h4-5,8,10,19H,6-7,9H2,1-3H3,(H,17,20)/t10-,15?/m1/s1. The average Bonchev–Trinajstić information content (AvgIpc) is 2.81. The van der Waals surface area contributed by atoms with Crippen molar-refractivity contribution in [3.63, 3.8) is 0 Å². The summed E-state index contributed by atoms with van der Waals surface area (Å²) in [7, 11) is 1.68. The number of carbonyl (C=O) groups is 1. The minimum atomic E-state index is -0.477. The number of halogens is 1. The highest BCUT2D eigenvalue weighted by atomic mass is 79.9. The van der Waals surface area contributed by atoms with Gasteiger partial charge in [0.25, 0.3) is 0 Å². The summed E-state index contributed by atoms with van der Waals surface area (Å²) in [5.41, 5.74) is 1.62. The molecular weight excluding hydrogens is 320 g/mol. The first kappa shape index (κ1) is 15.3. The molecule has 0 radical (unpaired) electrons. The molecule has 0 aromatic heterocycles. The van der Waals surface area contributed by atoms with E-state index >= 15 is 0 Å². The third-order valence-corrected chi connectivity index (χ3v) is 4.68. The molecule has 1 fully saturated rings. The summed E-state index contributed by atoms with van der Waals surface area (Å²) in [6.45, 7) is 5.32. The highest BCUT2D eigenvalue weighted by molar-refractivity contribution is 9.10. The topological polar surface area (TPSA) is 52.6 Å². The second-order valence-electron chi connectivity index (χ2n) is 5.70. The lowest BCUT2D eigenvalue weighted by molar-refractivity contribution is -0.128. The zero-order valence-electron chi connectivity index (χ0n) is 12.1. The van der Waals surface area contributed by atoms with Crippen LogP contribution in [-0.2, 0) is 4.79 Å². The van der Waals surface area contributed by atoms with Gasteiger partial charge in [0.15, 0.2) is 0 Å². The number of rotatable bonds is 3. The van der Waals surface area contributed by atoms with E-state index in [-0.39, 0.29) is 11.3 Å². The predicted molar refractivity (Wildman–Crippen MR) is 83.8 cm³/mol. The van der Waals surface area contributed by atoms with Crippen LogP contribution in [0.5, 0.6) is 0 Å². The van der Waals surface area contributed by atoms with Crippen LogP contribution in [0.4, 0.5) is 5.69 Å². The van der Waals surface area contributed by atoms with Crippen LogP contribution < -0.4 is 10.2 Å². The van der Waals surface area contributed by atoms with Crippen LogP contribution in [0.2, 0.25) is 0 Å². The maximum Gasteiger partial charge on any atom is 0.227 e. The van der Waals surface area contributed by atoms with E-state index in [1.165, 1.54) is 0 Å². The van der Waals surface area contributed by atoms with Crippen LogP contribution in [0.1, 0.15) is 31.9 Å². The molecule has 0 aliphatic carbocycles. The summed E-state index contributed by atoms with van der Waals surface area (Å²) in [5.74, 6) is 0.0942. The maximum absolute atomic E-state index is 12.0. The number of hydrogen-bond acceptors (Lipinski definition) is 3. The van der Waals surface area contributed by atoms with Crippen LogP contribution in [0.3, 0.4) is 0 Å². The summed E-state index contributed by atoms with van der Waals surface area (Å²) in [6.07, 6.45) is 0.368. The predicted octanol–water partition coefficient (Wildman–Crippen LogP) is 2.46. The number of aliphatic hydroxyl groups excluding tert-OH is 1. The molecule has 1 unspecified atom stereocenters. The van der Waals surface area contributed by atoms with Gasteiger partial charge in [0, 0.05) is 24.6 Å². The molecule has 0 bridgehead atoms. The van der Waals surface area contributed by atoms with E-state index in [2.05, 4.69) is 26.1 Å². The van der Waals surface area contributed by atoms with Gasteiger partial charge in [-0.2, -0.15) is 0 Å². The lowest BCUT2D eigenvalue weighted by Crippen LogP contribution is -2.39. The Labute approximate surface area is 128 Å². The van der Waals surface area contributed by atoms with Crippen molar-refractivity contribution in [1.29, 1.82) is 0 Å². The van der Waals surface area contributed by atoms with Gasteiger partial charge in [-0.05, 0) is 53.9 Å². The van der Waals surface area contributed by atoms with E-state index in [0.717, 1.165) is 28.7 Å². The molecule has 1 aromatic carbocycles. The Balaban J connectivity index is 2.20. The van der Waals surface area contributed by atoms with Crippen LogP contribution in [0.25, 0.3) is 0 Å². The van der Waals surface area contributed by atoms with E-state index in [9.17, 15) is 9.90 Å². The molecule has 2 N–H and O–H groups in total. The van der Waals surface area contributed by atoms with Crippen molar-refractivity contribution in [2.45, 2.75) is 26.4 Å². The molecule has 20 heavy (non-hydrogen) atoms. The molecule has 0 saturated carbocycles. The smallest absolute Gasteiger partial charge is 0.227 e. The lowest BCUT2D eigenvalue weighted by Gasteiger charge is -2.25. The molecule has 0 spiro atoms. The third kappa shape index (κ3) is 2.83. The fraction of sp³-hybridized carbons (Fsp3) is 0.533. The van der Waals surface area contributed by atoms with E-state index < -0.39 is 6.10 Å². The Morgan fingerprint density at radius 3 is 2.80 bits per heavy atom. The first-order valence-corrected chi connectivity index (χ1v) is 7.61. The summed E-state index contributed by atoms with van der Waals surface area (Å²) in [4.78, 5) is 14.2. The van der Waals surface area contributed by atoms with Gasteiger partial charge in [0.1, 0.15) is 0 Å². The van der Waals surface area contributed by atoms with Gasteiger partial charge in [0.05, 0.1) is 17.2 Å². The van der Waals surface area contributed by atoms with E-state index in [4.69, 9.17) is 0 Å². The molecule has 4 nitrogen and oxygen atoms in total. The van der Waals surface area contributed by atoms with Crippen molar-refractivity contribution in [3.05, 3.63) is 28.2 Å². The molecular formula is C15H21BrN2O2. The molecule has 5 heteroatoms. The molecule has 2 rings (SSSR count). The van der Waals surface area contributed by atoms with Gasteiger partial charge in [0.2, 0.25) is 5.91 Å². The average molecular weight is 341 g/mol. The van der Waals surface area contributed by atoms with Crippen molar-refractivity contribution in [3.8, 4) is 0 Å². The Kier molecular flexibility index (Phi) is 4.39. The summed E-state index contributed by atoms with van der Waals surface area (Å²) in [5, 5.41) is 12.4. The lowest BCUT2D eigenvalue weighted by atomic mass is 9.89. The third-order valence-electron chi connectivity index (χ3n) is 4.04. The number of amides is 1. The van der Waals surface area contributed by atoms with Crippen molar-refractivity contribution in [1.82, 2.24) is 5.32 Å². The van der Waals surface area contributed by atoms with Crippen LogP contribution >= 0.6 is 15.9 Å². The van der Waals surface area contributed by atoms with E-state index in [1.54, 1.807) is 14.0 Å². The second kappa shape index (κ2) is 5.74. The summed E-state index contributed by atoms with van der Waals surface area (Å²) < 4.78 is 0.956. The van der Waals surface area contributed by atoms with E-state index in [1.807, 2.05) is 25.1 Å². The van der Waals surface area contributed by atoms with Crippen LogP contribution in [0.15, 0.2) is 22.7 Å². The second-order valence-corrected chi connectivity index (χ2v) is 6.55. The van der Waals surface area contributed by atoms with Gasteiger partial charge < -0.3 is 15.3 Å². The van der Waals surface area contributed by atoms with Gasteiger partial charge in [-0.15, -0.1) is 0 Å². The van der Waals surface area contributed by atoms with Crippen molar-refractivity contribution in [2.75, 3.05) is 25.0 Å². The van der Waals surface area contributed by atoms with Gasteiger partial charge >= 0.3 is 0 Å². The number of benzene rings is 1. The number of nitrogens with zero attached hydrogens (tertiary/aromatic N) is 1. The molecule has 1 aromatic rings. The monoisotopic (exact) mass is 340 g/mol. The summed E-state index contributed by atoms with van der Waals surface area (Å²) >= 11 is 3.56. The molecule has 1 aliphatic heterocycles. The maximum atomic E-state index is 12.0. The number of anilines is 1. The number of hydrogen-bond donors (Lipinski definition) is 2. The van der Waals surface area contributed by atoms with Gasteiger partial charge in [-0.25, -0.2) is 0 Å². The normalized spacial score (nSPS) is 23.8. The number of carbonyl (C=O) groups excluding carboxylic acids is 1. The number of aliphatic hydroxyl groups is 1. The molecule has 1 aliphatic rings. The first-order valence-electron chi connectivity index (χ1n) is 6.82. The summed E-state index contributed by atoms with van der Waals surface area (Å²) in [6, 6.07) is 5.87. The first-order chi connectivity index (χ1) is 9.37. The zero-order chi connectivity index (χ0) is 14.9. The zero-order valence-corrected chi connectivity index (χ0v) is 13.7. The molecule has 110 valence electrons. The Bertz CT molecular complexity index is 519. The molecule has 1 saturated heterocycles. The highest BCUT2D eigenvalue weighted by Gasteiger charge is 2.40. The largest absolute Gasteiger partial charge is 0.389 e. The molecule has 1 heterocycles. The Morgan fingerprint density at radius 1 is 1.55 bits per heavy atom. The SMILES string of the molecule is CNC(=O)C1(C)CCN(c2ccc([C@@H](C)O)cc2Br)C1. The fourth-order valence-electron chi connectivity index (χ4n) is 2.69. The van der Waals surface area contributed by atoms with Crippen molar-refractivity contribution < 1.29 is 9.90 Å². The molecule has 2 atom stereocenters. The van der Waals surface area contributed by atoms with Crippen molar-refractivity contribution in [2.24, 2.45) is 5.41 Å². The van der Waals surface area contributed by atoms with E-state index in [0.29, 0.717) is 6.54 Å². The highest BCUT2D eigenvalue weighted by Crippen LogP contribution is 2.37. The Hall–Kier alpha value is -1.07. The van der Waals surface area contributed by atoms with Gasteiger partial charge in [-0.3, -0.25) is 4.79 Å². The van der Waals surface area contributed by atoms with Crippen LogP contribution in [0, 0.1) is 5.41 Å². The molecule has 1 amide bonds. The van der Waals surface area contributed by atoms with Crippen molar-refractivity contribution >= 4 is 27.5 Å². The quantitative estimate of drug-likeness (QED) is 0.888. The van der Waals surface area contributed by atoms with Crippen LogP contribution in [-0.4, -0.2) is 31.2 Å². The number of nitrogens with one attached hydrogen (secondary N) is 1.